The molecule has 4 aromatic heterocycles. The number of thiophene rings is 1. The maximum atomic E-state index is 6.49. The van der Waals surface area contributed by atoms with Gasteiger partial charge in [0.25, 0.3) is 0 Å². The van der Waals surface area contributed by atoms with E-state index in [4.69, 9.17) is 24.4 Å². The second-order valence-electron chi connectivity index (χ2n) is 13.0. The molecule has 0 saturated carbocycles. The summed E-state index contributed by atoms with van der Waals surface area (Å²) in [5, 5.41) is 7.93. The predicted octanol–water partition coefficient (Wildman–Crippen LogP) is 12.5. The Morgan fingerprint density at radius 1 is 0.423 bits per heavy atom. The molecule has 0 aliphatic carbocycles. The highest BCUT2D eigenvalue weighted by molar-refractivity contribution is 7.26. The highest BCUT2D eigenvalue weighted by Gasteiger charge is 2.20. The number of aromatic nitrogens is 4. The topological polar surface area (TPSA) is 64.7 Å². The molecular weight excluding hydrogens is 657 g/mol. The van der Waals surface area contributed by atoms with Gasteiger partial charge in [-0.25, -0.2) is 19.9 Å². The number of benzene rings is 7. The number of fused-ring (bicyclic) bond motifs is 9. The van der Waals surface area contributed by atoms with E-state index in [1.54, 1.807) is 11.3 Å². The molecule has 0 aliphatic heterocycles. The van der Waals surface area contributed by atoms with E-state index in [1.165, 1.54) is 15.5 Å². The Hall–Kier alpha value is -6.76. The lowest BCUT2D eigenvalue weighted by atomic mass is 10.0. The van der Waals surface area contributed by atoms with Gasteiger partial charge in [-0.15, -0.1) is 11.3 Å². The summed E-state index contributed by atoms with van der Waals surface area (Å²) < 4.78 is 8.89. The van der Waals surface area contributed by atoms with Gasteiger partial charge in [0.1, 0.15) is 11.3 Å². The van der Waals surface area contributed by atoms with Gasteiger partial charge >= 0.3 is 0 Å². The molecule has 0 radical (unpaired) electrons. The summed E-state index contributed by atoms with van der Waals surface area (Å²) in [6.45, 7) is 0. The first-order chi connectivity index (χ1) is 25.8. The normalized spacial score (nSPS) is 11.8. The van der Waals surface area contributed by atoms with Crippen LogP contribution < -0.4 is 0 Å². The minimum absolute atomic E-state index is 0.609. The van der Waals surface area contributed by atoms with E-state index in [0.29, 0.717) is 17.5 Å². The Labute approximate surface area is 301 Å². The third-order valence-electron chi connectivity index (χ3n) is 9.94. The Morgan fingerprint density at radius 3 is 1.92 bits per heavy atom. The van der Waals surface area contributed by atoms with Gasteiger partial charge < -0.3 is 4.42 Å². The van der Waals surface area contributed by atoms with E-state index in [0.717, 1.165) is 76.3 Å². The lowest BCUT2D eigenvalue weighted by Crippen LogP contribution is -2.00. The highest BCUT2D eigenvalue weighted by Crippen LogP contribution is 2.41. The summed E-state index contributed by atoms with van der Waals surface area (Å²) in [4.78, 5) is 20.6. The van der Waals surface area contributed by atoms with Crippen molar-refractivity contribution < 1.29 is 4.42 Å². The van der Waals surface area contributed by atoms with Gasteiger partial charge in [0, 0.05) is 58.6 Å². The third kappa shape index (κ3) is 4.48. The highest BCUT2D eigenvalue weighted by atomic mass is 32.1. The van der Waals surface area contributed by atoms with Crippen molar-refractivity contribution in [2.24, 2.45) is 0 Å². The number of rotatable bonds is 4. The van der Waals surface area contributed by atoms with Gasteiger partial charge in [-0.3, -0.25) is 0 Å². The van der Waals surface area contributed by atoms with E-state index < -0.39 is 0 Å². The molecule has 11 aromatic rings. The average molecular weight is 683 g/mol. The van der Waals surface area contributed by atoms with Crippen LogP contribution in [0.15, 0.2) is 162 Å². The van der Waals surface area contributed by atoms with Gasteiger partial charge in [-0.1, -0.05) is 133 Å². The van der Waals surface area contributed by atoms with Gasteiger partial charge in [-0.2, -0.15) is 0 Å². The maximum absolute atomic E-state index is 6.49. The van der Waals surface area contributed by atoms with Crippen LogP contribution in [-0.2, 0) is 0 Å². The Morgan fingerprint density at radius 2 is 1.04 bits per heavy atom. The number of nitrogens with zero attached hydrogens (tertiary/aromatic N) is 4. The number of para-hydroxylation sites is 2. The zero-order valence-corrected chi connectivity index (χ0v) is 28.4. The van der Waals surface area contributed by atoms with Crippen LogP contribution in [0, 0.1) is 0 Å². The molecule has 0 unspecified atom stereocenters. The largest absolute Gasteiger partial charge is 0.454 e. The SMILES string of the molecule is c1ccc2c(-c3nc(-c4ccc(-c5nc6ccccc6c6c5oc5ccccc56)cc4)nc(-c4cccc5c4sc4ccccc45)n3)cccc2c1. The lowest BCUT2D eigenvalue weighted by molar-refractivity contribution is 0.669. The predicted molar refractivity (Wildman–Crippen MR) is 215 cm³/mol. The van der Waals surface area contributed by atoms with Crippen LogP contribution in [0.4, 0.5) is 0 Å². The smallest absolute Gasteiger partial charge is 0.165 e. The molecule has 0 amide bonds. The summed E-state index contributed by atoms with van der Waals surface area (Å²) in [6, 6.07) is 54.4. The number of furan rings is 1. The van der Waals surface area contributed by atoms with E-state index in [9.17, 15) is 0 Å². The van der Waals surface area contributed by atoms with E-state index >= 15 is 0 Å². The first kappa shape index (κ1) is 29.0. The molecule has 6 heteroatoms. The fourth-order valence-electron chi connectivity index (χ4n) is 7.50. The molecule has 0 aliphatic rings. The summed E-state index contributed by atoms with van der Waals surface area (Å²) in [6.07, 6.45) is 0. The Bertz CT molecular complexity index is 3190. The second kappa shape index (κ2) is 11.4. The fourth-order valence-corrected chi connectivity index (χ4v) is 8.71. The number of hydrogen-bond donors (Lipinski definition) is 0. The number of pyridine rings is 1. The molecule has 11 rings (SSSR count). The van der Waals surface area contributed by atoms with Gasteiger partial charge in [-0.05, 0) is 35.0 Å². The summed E-state index contributed by atoms with van der Waals surface area (Å²) >= 11 is 1.78. The minimum Gasteiger partial charge on any atom is -0.454 e. The van der Waals surface area contributed by atoms with Gasteiger partial charge in [0.15, 0.2) is 23.1 Å². The van der Waals surface area contributed by atoms with Crippen molar-refractivity contribution in [1.29, 1.82) is 0 Å². The van der Waals surface area contributed by atoms with Crippen molar-refractivity contribution >= 4 is 75.1 Å². The summed E-state index contributed by atoms with van der Waals surface area (Å²) in [7, 11) is 0. The molecule has 0 spiro atoms. The molecule has 0 bridgehead atoms. The van der Waals surface area contributed by atoms with E-state index in [-0.39, 0.29) is 0 Å². The van der Waals surface area contributed by atoms with Gasteiger partial charge in [0.05, 0.1) is 5.52 Å². The second-order valence-corrected chi connectivity index (χ2v) is 14.0. The molecule has 4 heterocycles. The van der Waals surface area contributed by atoms with E-state index in [1.807, 2.05) is 18.2 Å². The third-order valence-corrected chi connectivity index (χ3v) is 11.2. The summed E-state index contributed by atoms with van der Waals surface area (Å²) in [5.74, 6) is 1.89. The molecule has 0 atom stereocenters. The molecular formula is C46H26N4OS. The van der Waals surface area contributed by atoms with Crippen molar-refractivity contribution in [2.75, 3.05) is 0 Å². The van der Waals surface area contributed by atoms with Crippen molar-refractivity contribution in [3.63, 3.8) is 0 Å². The van der Waals surface area contributed by atoms with Crippen LogP contribution in [0.3, 0.4) is 0 Å². The van der Waals surface area contributed by atoms with Crippen molar-refractivity contribution in [1.82, 2.24) is 19.9 Å². The number of hydrogen-bond acceptors (Lipinski definition) is 6. The molecule has 52 heavy (non-hydrogen) atoms. The summed E-state index contributed by atoms with van der Waals surface area (Å²) in [5.41, 5.74) is 7.17. The lowest BCUT2D eigenvalue weighted by Gasteiger charge is -2.11. The van der Waals surface area contributed by atoms with Crippen LogP contribution in [0.25, 0.3) is 109 Å². The zero-order valence-electron chi connectivity index (χ0n) is 27.6. The van der Waals surface area contributed by atoms with Crippen molar-refractivity contribution in [2.45, 2.75) is 0 Å². The van der Waals surface area contributed by atoms with Crippen LogP contribution in [0.2, 0.25) is 0 Å². The van der Waals surface area contributed by atoms with Crippen molar-refractivity contribution in [3.8, 4) is 45.4 Å². The van der Waals surface area contributed by atoms with Crippen LogP contribution in [0.1, 0.15) is 0 Å². The van der Waals surface area contributed by atoms with E-state index in [2.05, 4.69) is 140 Å². The van der Waals surface area contributed by atoms with Gasteiger partial charge in [0.2, 0.25) is 0 Å². The zero-order chi connectivity index (χ0) is 34.2. The molecule has 7 aromatic carbocycles. The van der Waals surface area contributed by atoms with Crippen molar-refractivity contribution in [3.05, 3.63) is 158 Å². The fraction of sp³-hybridized carbons (Fsp3) is 0. The quantitative estimate of drug-likeness (QED) is 0.185. The monoisotopic (exact) mass is 682 g/mol. The molecule has 0 saturated heterocycles. The molecule has 5 nitrogen and oxygen atoms in total. The molecule has 0 N–H and O–H groups in total. The average Bonchev–Trinajstić information content (AvgIpc) is 3.80. The van der Waals surface area contributed by atoms with Crippen LogP contribution >= 0.6 is 11.3 Å². The first-order valence-electron chi connectivity index (χ1n) is 17.2. The Kier molecular flexibility index (Phi) is 6.35. The van der Waals surface area contributed by atoms with Crippen LogP contribution in [-0.4, -0.2) is 19.9 Å². The maximum Gasteiger partial charge on any atom is 0.165 e. The molecule has 0 fully saturated rings. The molecule has 242 valence electrons. The first-order valence-corrected chi connectivity index (χ1v) is 18.0. The standard InChI is InChI=1S/C46H26N4OS/c1-2-13-30-27(11-1)12-9-18-33(30)45-48-44(49-46(50-45)36-19-10-17-32-31-14-5-8-22-39(31)52-43(32)36)29-25-23-28(24-26-29)41-42-40(34-15-3-6-20-37(34)47-41)35-16-4-7-21-38(35)51-42/h1-26H. The Balaban J connectivity index is 1.11. The minimum atomic E-state index is 0.609. The van der Waals surface area contributed by atoms with Crippen LogP contribution in [0.5, 0.6) is 0 Å².